The molecule has 0 spiro atoms. The fraction of sp³-hybridized carbons (Fsp3) is 0.556. The van der Waals surface area contributed by atoms with Crippen molar-refractivity contribution < 1.29 is 23.1 Å². The van der Waals surface area contributed by atoms with E-state index in [0.29, 0.717) is 12.8 Å². The van der Waals surface area contributed by atoms with Crippen LogP contribution in [0.3, 0.4) is 0 Å². The van der Waals surface area contributed by atoms with Gasteiger partial charge in [-0.25, -0.2) is 17.9 Å². The van der Waals surface area contributed by atoms with Crippen LogP contribution in [-0.4, -0.2) is 50.4 Å². The van der Waals surface area contributed by atoms with Gasteiger partial charge in [-0.15, -0.1) is 0 Å². The van der Waals surface area contributed by atoms with Gasteiger partial charge in [0.25, 0.3) is 10.0 Å². The minimum Gasteiger partial charge on any atom is -0.444 e. The van der Waals surface area contributed by atoms with Crippen LogP contribution >= 0.6 is 0 Å². The smallest absolute Gasteiger partial charge is 0.407 e. The number of aryl methyl sites for hydroxylation is 1. The first-order valence-corrected chi connectivity index (χ1v) is 10.4. The number of hydrogen-bond acceptors (Lipinski definition) is 6. The van der Waals surface area contributed by atoms with Gasteiger partial charge in [0.05, 0.1) is 17.5 Å². The van der Waals surface area contributed by atoms with Crippen LogP contribution in [0.15, 0.2) is 34.2 Å². The minimum atomic E-state index is -3.79. The second-order valence-electron chi connectivity index (χ2n) is 7.35. The number of guanidine groups is 1. The van der Waals surface area contributed by atoms with Crippen LogP contribution in [0.2, 0.25) is 0 Å². The zero-order valence-corrected chi connectivity index (χ0v) is 17.5. The van der Waals surface area contributed by atoms with Gasteiger partial charge < -0.3 is 20.9 Å². The minimum absolute atomic E-state index is 0.0955. The highest BCUT2D eigenvalue weighted by Crippen LogP contribution is 2.10. The summed E-state index contributed by atoms with van der Waals surface area (Å²) in [5.74, 6) is -0.221. The Kier molecular flexibility index (Phi) is 8.70. The molecule has 0 fully saturated rings. The maximum absolute atomic E-state index is 12.2. The molecule has 0 saturated carbocycles. The lowest BCUT2D eigenvalue weighted by atomic mass is 10.1. The van der Waals surface area contributed by atoms with Gasteiger partial charge in [0.15, 0.2) is 0 Å². The molecule has 5 N–H and O–H groups in total. The highest BCUT2D eigenvalue weighted by molar-refractivity contribution is 7.90. The number of benzene rings is 1. The third-order valence-electron chi connectivity index (χ3n) is 3.50. The molecule has 0 saturated heterocycles. The molecule has 0 bridgehead atoms. The first-order chi connectivity index (χ1) is 12.9. The Morgan fingerprint density at radius 3 is 2.43 bits per heavy atom. The number of hydrogen-bond donors (Lipinski definition) is 4. The molecule has 0 aromatic heterocycles. The van der Waals surface area contributed by atoms with E-state index >= 15 is 0 Å². The van der Waals surface area contributed by atoms with Crippen LogP contribution in [0, 0.1) is 6.92 Å². The van der Waals surface area contributed by atoms with Crippen molar-refractivity contribution in [1.29, 1.82) is 0 Å². The second kappa shape index (κ2) is 10.3. The van der Waals surface area contributed by atoms with Gasteiger partial charge in [-0.3, -0.25) is 4.99 Å². The zero-order valence-electron chi connectivity index (χ0n) is 16.7. The second-order valence-corrected chi connectivity index (χ2v) is 9.04. The van der Waals surface area contributed by atoms with Crippen LogP contribution in [0.5, 0.6) is 0 Å². The Morgan fingerprint density at radius 2 is 1.89 bits per heavy atom. The van der Waals surface area contributed by atoms with Crippen molar-refractivity contribution in [1.82, 2.24) is 10.0 Å². The third-order valence-corrected chi connectivity index (χ3v) is 4.87. The Balaban J connectivity index is 2.48. The zero-order chi connectivity index (χ0) is 21.4. The molecule has 0 heterocycles. The Morgan fingerprint density at radius 1 is 1.29 bits per heavy atom. The lowest BCUT2D eigenvalue weighted by Gasteiger charge is -2.22. The van der Waals surface area contributed by atoms with Crippen LogP contribution < -0.4 is 15.8 Å². The maximum Gasteiger partial charge on any atom is 0.407 e. The van der Waals surface area contributed by atoms with E-state index in [1.165, 1.54) is 12.1 Å². The van der Waals surface area contributed by atoms with Crippen molar-refractivity contribution in [3.8, 4) is 0 Å². The molecule has 0 radical (unpaired) electrons. The average Bonchev–Trinajstić information content (AvgIpc) is 2.55. The SMILES string of the molecule is Cc1ccc(S(=O)(=O)NC(N)=NCCC[C@@H](CO)NC(=O)OC(C)(C)C)cc1. The van der Waals surface area contributed by atoms with E-state index in [-0.39, 0.29) is 24.0 Å². The summed E-state index contributed by atoms with van der Waals surface area (Å²) in [4.78, 5) is 15.8. The summed E-state index contributed by atoms with van der Waals surface area (Å²) >= 11 is 0. The van der Waals surface area contributed by atoms with Crippen LogP contribution in [-0.2, 0) is 14.8 Å². The number of carbonyl (C=O) groups is 1. The number of nitrogens with one attached hydrogen (secondary N) is 2. The molecule has 1 aromatic rings. The molecule has 28 heavy (non-hydrogen) atoms. The highest BCUT2D eigenvalue weighted by atomic mass is 32.2. The molecule has 1 atom stereocenters. The molecular weight excluding hydrogens is 384 g/mol. The summed E-state index contributed by atoms with van der Waals surface area (Å²) in [7, 11) is -3.79. The normalized spacial score (nSPS) is 13.7. The number of amides is 1. The number of ether oxygens (including phenoxy) is 1. The number of rotatable bonds is 8. The van der Waals surface area contributed by atoms with Gasteiger partial charge in [0.1, 0.15) is 5.60 Å². The lowest BCUT2D eigenvalue weighted by Crippen LogP contribution is -2.41. The van der Waals surface area contributed by atoms with Crippen molar-refractivity contribution in [2.45, 2.75) is 57.1 Å². The van der Waals surface area contributed by atoms with E-state index in [1.54, 1.807) is 32.9 Å². The van der Waals surface area contributed by atoms with Crippen molar-refractivity contribution in [3.63, 3.8) is 0 Å². The summed E-state index contributed by atoms with van der Waals surface area (Å²) in [6.45, 7) is 7.07. The number of nitrogens with zero attached hydrogens (tertiary/aromatic N) is 1. The van der Waals surface area contributed by atoms with Gasteiger partial charge in [-0.05, 0) is 52.7 Å². The molecule has 0 aliphatic heterocycles. The number of carbonyl (C=O) groups excluding carboxylic acids is 1. The lowest BCUT2D eigenvalue weighted by molar-refractivity contribution is 0.0478. The van der Waals surface area contributed by atoms with Crippen molar-refractivity contribution in [3.05, 3.63) is 29.8 Å². The number of aliphatic hydroxyl groups excluding tert-OH is 1. The molecule has 9 nitrogen and oxygen atoms in total. The summed E-state index contributed by atoms with van der Waals surface area (Å²) in [5.41, 5.74) is 5.96. The van der Waals surface area contributed by atoms with Crippen molar-refractivity contribution in [2.24, 2.45) is 10.7 Å². The molecular formula is C18H30N4O5S. The van der Waals surface area contributed by atoms with Gasteiger partial charge in [0, 0.05) is 6.54 Å². The Hall–Kier alpha value is -2.33. The predicted molar refractivity (Wildman–Crippen MR) is 107 cm³/mol. The van der Waals surface area contributed by atoms with Gasteiger partial charge in [0.2, 0.25) is 5.96 Å². The Labute approximate surface area is 166 Å². The first kappa shape index (κ1) is 23.7. The molecule has 0 aliphatic carbocycles. The van der Waals surface area contributed by atoms with E-state index in [9.17, 15) is 18.3 Å². The van der Waals surface area contributed by atoms with E-state index < -0.39 is 27.8 Å². The molecule has 0 aliphatic rings. The van der Waals surface area contributed by atoms with Gasteiger partial charge in [-0.1, -0.05) is 17.7 Å². The molecule has 10 heteroatoms. The fourth-order valence-electron chi connectivity index (χ4n) is 2.17. The quantitative estimate of drug-likeness (QED) is 0.286. The number of sulfonamides is 1. The predicted octanol–water partition coefficient (Wildman–Crippen LogP) is 1.25. The molecule has 0 unspecified atom stereocenters. The summed E-state index contributed by atoms with van der Waals surface area (Å²) < 4.78 is 31.8. The standard InChI is InChI=1S/C18H30N4O5S/c1-13-7-9-15(10-8-13)28(25,26)22-16(19)20-11-5-6-14(12-23)21-17(24)27-18(2,3)4/h7-10,14,23H,5-6,11-12H2,1-4H3,(H,21,24)(H3,19,20,22)/t14-/m0/s1. The molecule has 158 valence electrons. The molecule has 1 amide bonds. The van der Waals surface area contributed by atoms with Crippen LogP contribution in [0.4, 0.5) is 4.79 Å². The first-order valence-electron chi connectivity index (χ1n) is 8.93. The number of nitrogens with two attached hydrogens (primary N) is 1. The Bertz CT molecular complexity index is 770. The van der Waals surface area contributed by atoms with E-state index in [1.807, 2.05) is 6.92 Å². The van der Waals surface area contributed by atoms with Gasteiger partial charge >= 0.3 is 6.09 Å². The maximum atomic E-state index is 12.2. The largest absolute Gasteiger partial charge is 0.444 e. The summed E-state index contributed by atoms with van der Waals surface area (Å²) in [6.07, 6.45) is 0.297. The number of aliphatic imine (C=N–C) groups is 1. The van der Waals surface area contributed by atoms with E-state index in [0.717, 1.165) is 5.56 Å². The monoisotopic (exact) mass is 414 g/mol. The topological polar surface area (TPSA) is 143 Å². The highest BCUT2D eigenvalue weighted by Gasteiger charge is 2.19. The van der Waals surface area contributed by atoms with E-state index in [2.05, 4.69) is 15.0 Å². The fourth-order valence-corrected chi connectivity index (χ4v) is 3.12. The summed E-state index contributed by atoms with van der Waals surface area (Å²) in [5, 5.41) is 11.9. The third kappa shape index (κ3) is 9.05. The van der Waals surface area contributed by atoms with Crippen molar-refractivity contribution >= 4 is 22.1 Å². The van der Waals surface area contributed by atoms with Gasteiger partial charge in [-0.2, -0.15) is 0 Å². The number of alkyl carbamates (subject to hydrolysis) is 1. The van der Waals surface area contributed by atoms with Crippen molar-refractivity contribution in [2.75, 3.05) is 13.2 Å². The molecule has 1 rings (SSSR count). The summed E-state index contributed by atoms with van der Waals surface area (Å²) in [6, 6.07) is 5.86. The molecule has 1 aromatic carbocycles. The van der Waals surface area contributed by atoms with E-state index in [4.69, 9.17) is 10.5 Å². The van der Waals surface area contributed by atoms with Crippen LogP contribution in [0.25, 0.3) is 0 Å². The van der Waals surface area contributed by atoms with Crippen LogP contribution in [0.1, 0.15) is 39.2 Å². The average molecular weight is 415 g/mol. The number of aliphatic hydroxyl groups is 1.